The average molecular weight is 247 g/mol. The van der Waals surface area contributed by atoms with Gasteiger partial charge in [-0.3, -0.25) is 14.5 Å². The monoisotopic (exact) mass is 247 g/mol. The van der Waals surface area contributed by atoms with Crippen molar-refractivity contribution >= 4 is 23.6 Å². The Kier molecular flexibility index (Phi) is 3.64. The van der Waals surface area contributed by atoms with E-state index in [1.807, 2.05) is 37.3 Å². The van der Waals surface area contributed by atoms with Gasteiger partial charge in [-0.05, 0) is 18.6 Å². The van der Waals surface area contributed by atoms with Crippen LogP contribution in [0.3, 0.4) is 0 Å². The highest BCUT2D eigenvalue weighted by atomic mass is 32.2. The Hall–Kier alpha value is -1.55. The van der Waals surface area contributed by atoms with Gasteiger partial charge in [-0.25, -0.2) is 0 Å². The molecule has 0 bridgehead atoms. The quantitative estimate of drug-likeness (QED) is 0.767. The second-order valence-corrected chi connectivity index (χ2v) is 4.83. The van der Waals surface area contributed by atoms with Crippen LogP contribution < -0.4 is 0 Å². The molecule has 0 unspecified atom stereocenters. The molecule has 2 rings (SSSR count). The van der Waals surface area contributed by atoms with Crippen LogP contribution in [-0.4, -0.2) is 23.3 Å². The van der Waals surface area contributed by atoms with Gasteiger partial charge in [0.25, 0.3) is 11.8 Å². The normalized spacial score (nSPS) is 15.4. The maximum absolute atomic E-state index is 11.9. The summed E-state index contributed by atoms with van der Waals surface area (Å²) in [6.07, 6.45) is 2.21. The van der Waals surface area contributed by atoms with Crippen LogP contribution in [0.25, 0.3) is 0 Å². The molecule has 1 heterocycles. The first kappa shape index (κ1) is 11.9. The standard InChI is InChI=1S/C13H13NO2S/c1-2-8-14-12(15)9-11(13(14)16)17-10-6-4-3-5-7-10/h3-7,9H,2,8H2,1H3. The molecule has 0 radical (unpaired) electrons. The van der Waals surface area contributed by atoms with Gasteiger partial charge >= 0.3 is 0 Å². The molecule has 0 aromatic heterocycles. The minimum atomic E-state index is -0.199. The zero-order chi connectivity index (χ0) is 12.3. The molecule has 1 aliphatic rings. The maximum atomic E-state index is 11.9. The molecule has 1 aliphatic heterocycles. The number of carbonyl (C=O) groups is 2. The molecule has 0 saturated carbocycles. The van der Waals surface area contributed by atoms with E-state index in [2.05, 4.69) is 0 Å². The lowest BCUT2D eigenvalue weighted by Crippen LogP contribution is -2.31. The van der Waals surface area contributed by atoms with Crippen LogP contribution in [0.1, 0.15) is 13.3 Å². The van der Waals surface area contributed by atoms with E-state index >= 15 is 0 Å². The van der Waals surface area contributed by atoms with Crippen LogP contribution in [0.4, 0.5) is 0 Å². The lowest BCUT2D eigenvalue weighted by Gasteiger charge is -2.12. The predicted molar refractivity (Wildman–Crippen MR) is 67.4 cm³/mol. The Labute approximate surface area is 104 Å². The fourth-order valence-electron chi connectivity index (χ4n) is 1.61. The van der Waals surface area contributed by atoms with Crippen molar-refractivity contribution in [2.75, 3.05) is 6.54 Å². The predicted octanol–water partition coefficient (Wildman–Crippen LogP) is 2.44. The van der Waals surface area contributed by atoms with Gasteiger partial charge in [0.2, 0.25) is 0 Å². The van der Waals surface area contributed by atoms with Gasteiger partial charge < -0.3 is 0 Å². The Balaban J connectivity index is 2.11. The smallest absolute Gasteiger partial charge is 0.267 e. The van der Waals surface area contributed by atoms with E-state index in [-0.39, 0.29) is 11.8 Å². The van der Waals surface area contributed by atoms with E-state index in [1.165, 1.54) is 22.7 Å². The first-order valence-corrected chi connectivity index (χ1v) is 6.34. The van der Waals surface area contributed by atoms with Crippen molar-refractivity contribution in [2.45, 2.75) is 18.2 Å². The Bertz CT molecular complexity index is 468. The summed E-state index contributed by atoms with van der Waals surface area (Å²) in [6, 6.07) is 9.59. The second kappa shape index (κ2) is 5.19. The summed E-state index contributed by atoms with van der Waals surface area (Å²) in [4.78, 5) is 26.3. The molecular formula is C13H13NO2S. The number of hydrogen-bond acceptors (Lipinski definition) is 3. The highest BCUT2D eigenvalue weighted by molar-refractivity contribution is 8.04. The van der Waals surface area contributed by atoms with Crippen LogP contribution in [0.15, 0.2) is 46.2 Å². The van der Waals surface area contributed by atoms with Crippen LogP contribution in [0, 0.1) is 0 Å². The first-order valence-electron chi connectivity index (χ1n) is 5.53. The number of rotatable bonds is 4. The number of benzene rings is 1. The van der Waals surface area contributed by atoms with Gasteiger partial charge in [0.05, 0.1) is 4.91 Å². The summed E-state index contributed by atoms with van der Waals surface area (Å²) in [6.45, 7) is 2.44. The SMILES string of the molecule is CCCN1C(=O)C=C(Sc2ccccc2)C1=O. The van der Waals surface area contributed by atoms with Crippen molar-refractivity contribution in [3.8, 4) is 0 Å². The Morgan fingerprint density at radius 2 is 1.88 bits per heavy atom. The highest BCUT2D eigenvalue weighted by Crippen LogP contribution is 2.31. The molecule has 0 fully saturated rings. The molecule has 0 spiro atoms. The van der Waals surface area contributed by atoms with Gasteiger partial charge in [-0.1, -0.05) is 36.9 Å². The van der Waals surface area contributed by atoms with E-state index in [0.29, 0.717) is 11.4 Å². The fourth-order valence-corrected chi connectivity index (χ4v) is 2.51. The van der Waals surface area contributed by atoms with Gasteiger partial charge in [0.1, 0.15) is 0 Å². The number of nitrogens with zero attached hydrogens (tertiary/aromatic N) is 1. The molecule has 0 aliphatic carbocycles. The maximum Gasteiger partial charge on any atom is 0.267 e. The molecule has 4 heteroatoms. The second-order valence-electron chi connectivity index (χ2n) is 3.72. The van der Waals surface area contributed by atoms with E-state index in [9.17, 15) is 9.59 Å². The molecule has 17 heavy (non-hydrogen) atoms. The third-order valence-electron chi connectivity index (χ3n) is 2.39. The van der Waals surface area contributed by atoms with Gasteiger partial charge in [0.15, 0.2) is 0 Å². The molecule has 1 aromatic carbocycles. The number of thioether (sulfide) groups is 1. The summed E-state index contributed by atoms with van der Waals surface area (Å²) < 4.78 is 0. The molecule has 0 N–H and O–H groups in total. The third kappa shape index (κ3) is 2.58. The lowest BCUT2D eigenvalue weighted by molar-refractivity contribution is -0.136. The number of imide groups is 1. The van der Waals surface area contributed by atoms with Gasteiger partial charge in [-0.2, -0.15) is 0 Å². The van der Waals surface area contributed by atoms with E-state index < -0.39 is 0 Å². The number of carbonyl (C=O) groups excluding carboxylic acids is 2. The molecule has 0 saturated heterocycles. The van der Waals surface area contributed by atoms with E-state index in [1.54, 1.807) is 0 Å². The van der Waals surface area contributed by atoms with E-state index in [0.717, 1.165) is 11.3 Å². The van der Waals surface area contributed by atoms with Gasteiger partial charge in [-0.15, -0.1) is 0 Å². The summed E-state index contributed by atoms with van der Waals surface area (Å²) in [7, 11) is 0. The van der Waals surface area contributed by atoms with E-state index in [4.69, 9.17) is 0 Å². The van der Waals surface area contributed by atoms with Crippen molar-refractivity contribution in [3.05, 3.63) is 41.3 Å². The molecule has 88 valence electrons. The minimum absolute atomic E-state index is 0.175. The number of hydrogen-bond donors (Lipinski definition) is 0. The largest absolute Gasteiger partial charge is 0.274 e. The lowest BCUT2D eigenvalue weighted by atomic mass is 10.4. The minimum Gasteiger partial charge on any atom is -0.274 e. The number of amides is 2. The molecule has 3 nitrogen and oxygen atoms in total. The van der Waals surface area contributed by atoms with Crippen molar-refractivity contribution in [2.24, 2.45) is 0 Å². The Morgan fingerprint density at radius 3 is 2.53 bits per heavy atom. The first-order chi connectivity index (χ1) is 8.22. The van der Waals surface area contributed by atoms with Crippen LogP contribution >= 0.6 is 11.8 Å². The highest BCUT2D eigenvalue weighted by Gasteiger charge is 2.30. The van der Waals surface area contributed by atoms with Crippen molar-refractivity contribution in [3.63, 3.8) is 0 Å². The van der Waals surface area contributed by atoms with Crippen LogP contribution in [-0.2, 0) is 9.59 Å². The molecule has 2 amide bonds. The molecular weight excluding hydrogens is 234 g/mol. The third-order valence-corrected chi connectivity index (χ3v) is 3.42. The van der Waals surface area contributed by atoms with Crippen LogP contribution in [0.2, 0.25) is 0 Å². The average Bonchev–Trinajstić information content (AvgIpc) is 2.59. The van der Waals surface area contributed by atoms with Crippen LogP contribution in [0.5, 0.6) is 0 Å². The van der Waals surface area contributed by atoms with Crippen molar-refractivity contribution in [1.82, 2.24) is 4.90 Å². The summed E-state index contributed by atoms with van der Waals surface area (Å²) in [5.74, 6) is -0.374. The van der Waals surface area contributed by atoms with Crippen molar-refractivity contribution in [1.29, 1.82) is 0 Å². The Morgan fingerprint density at radius 1 is 1.18 bits per heavy atom. The zero-order valence-corrected chi connectivity index (χ0v) is 10.4. The summed E-state index contributed by atoms with van der Waals surface area (Å²) >= 11 is 1.34. The summed E-state index contributed by atoms with van der Waals surface area (Å²) in [5, 5.41) is 0. The van der Waals surface area contributed by atoms with Gasteiger partial charge in [0, 0.05) is 17.5 Å². The van der Waals surface area contributed by atoms with Crippen molar-refractivity contribution < 1.29 is 9.59 Å². The zero-order valence-electron chi connectivity index (χ0n) is 9.55. The molecule has 0 atom stereocenters. The topological polar surface area (TPSA) is 37.4 Å². The molecule has 1 aromatic rings. The summed E-state index contributed by atoms with van der Waals surface area (Å²) in [5.41, 5.74) is 0. The fraction of sp³-hybridized carbons (Fsp3) is 0.231.